The van der Waals surface area contributed by atoms with Crippen molar-refractivity contribution in [1.82, 2.24) is 0 Å². The van der Waals surface area contributed by atoms with E-state index in [1.807, 2.05) is 105 Å². The summed E-state index contributed by atoms with van der Waals surface area (Å²) in [5, 5.41) is 0. The van der Waals surface area contributed by atoms with E-state index in [1.165, 1.54) is 32.1 Å². The maximum Gasteiger partial charge on any atom is 0.343 e. The van der Waals surface area contributed by atoms with Gasteiger partial charge in [-0.2, -0.15) is 0 Å². The number of hydrogen-bond donors (Lipinski definition) is 0. The molecular weight excluding hydrogens is 608 g/mol. The van der Waals surface area contributed by atoms with Crippen molar-refractivity contribution in [3.05, 3.63) is 144 Å². The van der Waals surface area contributed by atoms with Gasteiger partial charge in [0.15, 0.2) is 24.7 Å². The summed E-state index contributed by atoms with van der Waals surface area (Å²) in [4.78, 5) is 28.6. The minimum atomic E-state index is -0.436. The van der Waals surface area contributed by atoms with Gasteiger partial charge in [-0.25, -0.2) is 9.36 Å². The van der Waals surface area contributed by atoms with Crippen LogP contribution in [0.25, 0.3) is 11.1 Å². The minimum Gasteiger partial charge on any atom is -0.494 e. The van der Waals surface area contributed by atoms with E-state index in [0.29, 0.717) is 30.0 Å². The molecule has 0 atom stereocenters. The molecule has 0 amide bonds. The van der Waals surface area contributed by atoms with E-state index in [1.54, 1.807) is 18.2 Å². The van der Waals surface area contributed by atoms with E-state index >= 15 is 0 Å². The number of ether oxygens (including phenoxy) is 2. The molecule has 1 aromatic heterocycles. The molecule has 6 heteroatoms. The topological polar surface area (TPSA) is 59.7 Å². The molecule has 0 radical (unpaired) electrons. The van der Waals surface area contributed by atoms with Gasteiger partial charge in [-0.15, -0.1) is 0 Å². The highest BCUT2D eigenvalue weighted by molar-refractivity contribution is 5.98. The zero-order valence-electron chi connectivity index (χ0n) is 28.9. The number of hydrogen-bond acceptors (Lipinski definition) is 5. The Kier molecular flexibility index (Phi) is 12.7. The van der Waals surface area contributed by atoms with Crippen LogP contribution in [0.4, 0.5) is 5.69 Å². The van der Waals surface area contributed by atoms with Gasteiger partial charge >= 0.3 is 5.97 Å². The lowest BCUT2D eigenvalue weighted by atomic mass is 9.97. The van der Waals surface area contributed by atoms with Gasteiger partial charge in [0, 0.05) is 55.0 Å². The van der Waals surface area contributed by atoms with Crippen LogP contribution in [0, 0.1) is 0 Å². The molecule has 0 bridgehead atoms. The van der Waals surface area contributed by atoms with Crippen LogP contribution in [-0.2, 0) is 13.0 Å². The predicted octanol–water partition coefficient (Wildman–Crippen LogP) is 9.14. The molecule has 0 fully saturated rings. The molecule has 0 saturated heterocycles. The molecule has 6 nitrogen and oxygen atoms in total. The van der Waals surface area contributed by atoms with Crippen LogP contribution >= 0.6 is 0 Å². The standard InChI is InChI=1S/C43H47N2O4/c1-4-5-6-7-8-12-29-48-39-22-20-36(21-23-39)41(46)31-34-17-24-42(40(30-34)35-13-10-9-11-14-35)49-43(47)37-18-15-33(16-19-37)32-45-27-25-38(26-28-45)44(2)3/h9-11,13-28,30H,4-8,12,29,31-32H2,1-3H3/q+1. The SMILES string of the molecule is CCCCCCCCOc1ccc(C(=O)Cc2ccc(OC(=O)c3ccc(C[n+]4ccc(N(C)C)cc4)cc3)c(-c3ccccc3)c2)cc1. The number of esters is 1. The summed E-state index contributed by atoms with van der Waals surface area (Å²) >= 11 is 0. The van der Waals surface area contributed by atoms with Gasteiger partial charge in [0.1, 0.15) is 11.5 Å². The maximum atomic E-state index is 13.3. The number of anilines is 1. The molecule has 1 heterocycles. The first kappa shape index (κ1) is 35.1. The first-order valence-corrected chi connectivity index (χ1v) is 17.3. The van der Waals surface area contributed by atoms with Crippen molar-refractivity contribution in [2.45, 2.75) is 58.4 Å². The Hall–Kier alpha value is -5.23. The summed E-state index contributed by atoms with van der Waals surface area (Å²) in [7, 11) is 4.04. The number of carbonyl (C=O) groups is 2. The summed E-state index contributed by atoms with van der Waals surface area (Å²) in [5.74, 6) is 0.804. The fourth-order valence-corrected chi connectivity index (χ4v) is 5.69. The van der Waals surface area contributed by atoms with E-state index in [9.17, 15) is 9.59 Å². The normalized spacial score (nSPS) is 10.8. The Balaban J connectivity index is 1.21. The van der Waals surface area contributed by atoms with E-state index in [0.717, 1.165) is 40.1 Å². The summed E-state index contributed by atoms with van der Waals surface area (Å²) in [6.45, 7) is 3.61. The third-order valence-corrected chi connectivity index (χ3v) is 8.58. The lowest BCUT2D eigenvalue weighted by molar-refractivity contribution is -0.688. The Morgan fingerprint density at radius 3 is 2.04 bits per heavy atom. The van der Waals surface area contributed by atoms with Crippen LogP contribution < -0.4 is 18.9 Å². The molecule has 252 valence electrons. The minimum absolute atomic E-state index is 0.0122. The molecule has 49 heavy (non-hydrogen) atoms. The van der Waals surface area contributed by atoms with Crippen molar-refractivity contribution >= 4 is 17.4 Å². The Labute approximate surface area is 291 Å². The number of unbranched alkanes of at least 4 members (excludes halogenated alkanes) is 5. The third kappa shape index (κ3) is 10.4. The van der Waals surface area contributed by atoms with Crippen molar-refractivity contribution in [1.29, 1.82) is 0 Å². The monoisotopic (exact) mass is 655 g/mol. The fourth-order valence-electron chi connectivity index (χ4n) is 5.69. The first-order chi connectivity index (χ1) is 23.9. The van der Waals surface area contributed by atoms with E-state index in [2.05, 4.69) is 28.5 Å². The third-order valence-electron chi connectivity index (χ3n) is 8.58. The molecule has 5 rings (SSSR count). The number of aromatic nitrogens is 1. The zero-order chi connectivity index (χ0) is 34.4. The van der Waals surface area contributed by atoms with Crippen LogP contribution in [0.15, 0.2) is 122 Å². The van der Waals surface area contributed by atoms with Crippen LogP contribution in [0.5, 0.6) is 11.5 Å². The van der Waals surface area contributed by atoms with Gasteiger partial charge in [0.05, 0.1) is 12.2 Å². The van der Waals surface area contributed by atoms with Gasteiger partial charge in [-0.05, 0) is 66.1 Å². The summed E-state index contributed by atoms with van der Waals surface area (Å²) in [5.41, 5.74) is 5.82. The van der Waals surface area contributed by atoms with Gasteiger partial charge in [0.2, 0.25) is 0 Å². The second-order valence-electron chi connectivity index (χ2n) is 12.6. The summed E-state index contributed by atoms with van der Waals surface area (Å²) in [6.07, 6.45) is 11.6. The Bertz CT molecular complexity index is 1780. The largest absolute Gasteiger partial charge is 0.494 e. The molecule has 0 aliphatic rings. The smallest absolute Gasteiger partial charge is 0.343 e. The van der Waals surface area contributed by atoms with Gasteiger partial charge in [-0.1, -0.05) is 87.6 Å². The second-order valence-corrected chi connectivity index (χ2v) is 12.6. The lowest BCUT2D eigenvalue weighted by Gasteiger charge is -2.13. The molecular formula is C43H47N2O4+. The van der Waals surface area contributed by atoms with Crippen molar-refractivity contribution in [3.8, 4) is 22.6 Å². The number of rotatable bonds is 17. The second kappa shape index (κ2) is 17.8. The van der Waals surface area contributed by atoms with Crippen LogP contribution in [0.1, 0.15) is 77.3 Å². The van der Waals surface area contributed by atoms with Gasteiger partial charge in [0.25, 0.3) is 0 Å². The number of nitrogens with zero attached hydrogens (tertiary/aromatic N) is 2. The zero-order valence-corrected chi connectivity index (χ0v) is 28.9. The molecule has 0 N–H and O–H groups in total. The van der Waals surface area contributed by atoms with Crippen molar-refractivity contribution in [2.24, 2.45) is 0 Å². The maximum absolute atomic E-state index is 13.3. The average molecular weight is 656 g/mol. The number of pyridine rings is 1. The van der Waals surface area contributed by atoms with Gasteiger partial charge < -0.3 is 14.4 Å². The molecule has 5 aromatic rings. The molecule has 0 aliphatic heterocycles. The highest BCUT2D eigenvalue weighted by Gasteiger charge is 2.16. The molecule has 0 unspecified atom stereocenters. The molecule has 4 aromatic carbocycles. The molecule has 0 saturated carbocycles. The quantitative estimate of drug-likeness (QED) is 0.0329. The lowest BCUT2D eigenvalue weighted by Crippen LogP contribution is -2.33. The van der Waals surface area contributed by atoms with Crippen molar-refractivity contribution in [2.75, 3.05) is 25.6 Å². The fraction of sp³-hybridized carbons (Fsp3) is 0.279. The molecule has 0 aliphatic carbocycles. The van der Waals surface area contributed by atoms with E-state index in [4.69, 9.17) is 9.47 Å². The molecule has 0 spiro atoms. The number of benzene rings is 4. The Morgan fingerprint density at radius 1 is 0.694 bits per heavy atom. The average Bonchev–Trinajstić information content (AvgIpc) is 3.13. The number of carbonyl (C=O) groups excluding carboxylic acids is 2. The van der Waals surface area contributed by atoms with Crippen molar-refractivity contribution < 1.29 is 23.6 Å². The Morgan fingerprint density at radius 2 is 1.35 bits per heavy atom. The highest BCUT2D eigenvalue weighted by atomic mass is 16.5. The number of Topliss-reactive ketones (excluding diaryl/α,β-unsaturated/α-hetero) is 1. The van der Waals surface area contributed by atoms with Gasteiger partial charge in [-0.3, -0.25) is 4.79 Å². The van der Waals surface area contributed by atoms with E-state index in [-0.39, 0.29) is 12.2 Å². The van der Waals surface area contributed by atoms with Crippen LogP contribution in [-0.4, -0.2) is 32.5 Å². The van der Waals surface area contributed by atoms with E-state index < -0.39 is 5.97 Å². The van der Waals surface area contributed by atoms with Crippen molar-refractivity contribution in [3.63, 3.8) is 0 Å². The predicted molar refractivity (Wildman–Crippen MR) is 197 cm³/mol. The summed E-state index contributed by atoms with van der Waals surface area (Å²) in [6, 6.07) is 34.4. The van der Waals surface area contributed by atoms with Crippen LogP contribution in [0.3, 0.4) is 0 Å². The first-order valence-electron chi connectivity index (χ1n) is 17.3. The highest BCUT2D eigenvalue weighted by Crippen LogP contribution is 2.32. The van der Waals surface area contributed by atoms with Crippen LogP contribution in [0.2, 0.25) is 0 Å². The summed E-state index contributed by atoms with van der Waals surface area (Å²) < 4.78 is 13.9. The number of ketones is 1.